The maximum absolute atomic E-state index is 2.29. The van der Waals surface area contributed by atoms with E-state index in [1.165, 1.54) is 12.8 Å². The summed E-state index contributed by atoms with van der Waals surface area (Å²) in [5.74, 6) is 1.57. The summed E-state index contributed by atoms with van der Waals surface area (Å²) in [6, 6.07) is 0. The third kappa shape index (κ3) is 5.06. The Morgan fingerprint density at radius 3 is 2.00 bits per heavy atom. The highest BCUT2D eigenvalue weighted by Gasteiger charge is 2.02. The lowest BCUT2D eigenvalue weighted by molar-refractivity contribution is 0.559. The Balaban J connectivity index is 3.72. The van der Waals surface area contributed by atoms with Crippen LogP contribution in [0.1, 0.15) is 47.5 Å². The third-order valence-corrected chi connectivity index (χ3v) is 2.12. The predicted octanol–water partition coefficient (Wildman–Crippen LogP) is 4.02. The van der Waals surface area contributed by atoms with Gasteiger partial charge in [0.25, 0.3) is 0 Å². The van der Waals surface area contributed by atoms with Gasteiger partial charge in [-0.05, 0) is 31.6 Å². The third-order valence-electron chi connectivity index (χ3n) is 2.12. The molecule has 0 unspecified atom stereocenters. The van der Waals surface area contributed by atoms with E-state index >= 15 is 0 Å². The van der Waals surface area contributed by atoms with Crippen molar-refractivity contribution in [3.63, 3.8) is 0 Å². The van der Waals surface area contributed by atoms with Crippen LogP contribution in [0.3, 0.4) is 0 Å². The van der Waals surface area contributed by atoms with Gasteiger partial charge in [-0.15, -0.1) is 0 Å². The Kier molecular flexibility index (Phi) is 5.27. The van der Waals surface area contributed by atoms with E-state index in [2.05, 4.69) is 40.7 Å². The van der Waals surface area contributed by atoms with Gasteiger partial charge in [0, 0.05) is 0 Å². The highest BCUT2D eigenvalue weighted by atomic mass is 14.1. The van der Waals surface area contributed by atoms with E-state index in [4.69, 9.17) is 0 Å². The predicted molar refractivity (Wildman–Crippen MR) is 52.7 cm³/mol. The van der Waals surface area contributed by atoms with Crippen molar-refractivity contribution in [3.05, 3.63) is 11.6 Å². The van der Waals surface area contributed by atoms with Crippen molar-refractivity contribution >= 4 is 0 Å². The van der Waals surface area contributed by atoms with E-state index in [-0.39, 0.29) is 0 Å². The van der Waals surface area contributed by atoms with Crippen molar-refractivity contribution < 1.29 is 0 Å². The first kappa shape index (κ1) is 10.7. The van der Waals surface area contributed by atoms with Gasteiger partial charge in [-0.2, -0.15) is 0 Å². The van der Waals surface area contributed by atoms with Crippen LogP contribution in [0.2, 0.25) is 0 Å². The maximum atomic E-state index is 2.29. The monoisotopic (exact) mass is 154 g/mol. The SMILES string of the molecule is CC=C(CCC(C)C)C(C)C. The van der Waals surface area contributed by atoms with Crippen LogP contribution >= 0.6 is 0 Å². The van der Waals surface area contributed by atoms with E-state index in [1.807, 2.05) is 0 Å². The summed E-state index contributed by atoms with van der Waals surface area (Å²) in [7, 11) is 0. The first-order chi connectivity index (χ1) is 5.07. The minimum Gasteiger partial charge on any atom is -0.0882 e. The van der Waals surface area contributed by atoms with Gasteiger partial charge in [-0.25, -0.2) is 0 Å². The second-order valence-corrected chi connectivity index (χ2v) is 3.95. The maximum Gasteiger partial charge on any atom is -0.0260 e. The Bertz CT molecular complexity index is 118. The van der Waals surface area contributed by atoms with Crippen molar-refractivity contribution in [3.8, 4) is 0 Å². The van der Waals surface area contributed by atoms with Gasteiger partial charge in [0.05, 0.1) is 0 Å². The molecule has 0 saturated heterocycles. The molecule has 0 spiro atoms. The summed E-state index contributed by atoms with van der Waals surface area (Å²) in [6.07, 6.45) is 4.89. The molecule has 0 heterocycles. The molecule has 0 radical (unpaired) electrons. The van der Waals surface area contributed by atoms with Crippen molar-refractivity contribution in [2.75, 3.05) is 0 Å². The molecule has 0 atom stereocenters. The average Bonchev–Trinajstić information content (AvgIpc) is 1.87. The van der Waals surface area contributed by atoms with Crippen LogP contribution in [0.15, 0.2) is 11.6 Å². The second kappa shape index (κ2) is 5.40. The van der Waals surface area contributed by atoms with Crippen LogP contribution in [0.25, 0.3) is 0 Å². The van der Waals surface area contributed by atoms with Gasteiger partial charge in [0.2, 0.25) is 0 Å². The summed E-state index contributed by atoms with van der Waals surface area (Å²) < 4.78 is 0. The molecule has 0 saturated carbocycles. The molecule has 0 aromatic carbocycles. The largest absolute Gasteiger partial charge is 0.0882 e. The average molecular weight is 154 g/mol. The second-order valence-electron chi connectivity index (χ2n) is 3.95. The van der Waals surface area contributed by atoms with Crippen LogP contribution in [-0.4, -0.2) is 0 Å². The van der Waals surface area contributed by atoms with E-state index in [1.54, 1.807) is 5.57 Å². The fourth-order valence-corrected chi connectivity index (χ4v) is 1.22. The van der Waals surface area contributed by atoms with Gasteiger partial charge in [-0.3, -0.25) is 0 Å². The minimum atomic E-state index is 0.735. The fourth-order valence-electron chi connectivity index (χ4n) is 1.22. The summed E-state index contributed by atoms with van der Waals surface area (Å²) >= 11 is 0. The normalized spacial score (nSPS) is 13.2. The Hall–Kier alpha value is -0.260. The van der Waals surface area contributed by atoms with Crippen LogP contribution < -0.4 is 0 Å². The van der Waals surface area contributed by atoms with Crippen molar-refractivity contribution in [2.45, 2.75) is 47.5 Å². The lowest BCUT2D eigenvalue weighted by Crippen LogP contribution is -1.96. The number of rotatable bonds is 4. The molecule has 0 rings (SSSR count). The van der Waals surface area contributed by atoms with Crippen molar-refractivity contribution in [1.82, 2.24) is 0 Å². The lowest BCUT2D eigenvalue weighted by atomic mass is 9.95. The highest BCUT2D eigenvalue weighted by Crippen LogP contribution is 2.18. The van der Waals surface area contributed by atoms with Crippen LogP contribution in [0.5, 0.6) is 0 Å². The zero-order valence-electron chi connectivity index (χ0n) is 8.65. The van der Waals surface area contributed by atoms with Crippen LogP contribution in [0.4, 0.5) is 0 Å². The number of hydrogen-bond donors (Lipinski definition) is 0. The molecule has 66 valence electrons. The summed E-state index contributed by atoms with van der Waals surface area (Å²) in [5.41, 5.74) is 1.61. The van der Waals surface area contributed by atoms with Gasteiger partial charge in [0.1, 0.15) is 0 Å². The molecule has 0 fully saturated rings. The van der Waals surface area contributed by atoms with Crippen molar-refractivity contribution in [1.29, 1.82) is 0 Å². The molecule has 0 aliphatic heterocycles. The zero-order valence-corrected chi connectivity index (χ0v) is 8.65. The summed E-state index contributed by atoms with van der Waals surface area (Å²) in [5, 5.41) is 0. The Morgan fingerprint density at radius 1 is 1.18 bits per heavy atom. The van der Waals surface area contributed by atoms with Crippen LogP contribution in [0, 0.1) is 11.8 Å². The van der Waals surface area contributed by atoms with E-state index in [0.29, 0.717) is 0 Å². The molecule has 0 aliphatic rings. The molecule has 0 heteroatoms. The molecule has 0 aliphatic carbocycles. The van der Waals surface area contributed by atoms with Crippen LogP contribution in [-0.2, 0) is 0 Å². The fraction of sp³-hybridized carbons (Fsp3) is 0.818. The first-order valence-electron chi connectivity index (χ1n) is 4.73. The molecule has 0 bridgehead atoms. The Morgan fingerprint density at radius 2 is 1.73 bits per heavy atom. The molecule has 11 heavy (non-hydrogen) atoms. The first-order valence-corrected chi connectivity index (χ1v) is 4.73. The molecule has 0 aromatic heterocycles. The molecular weight excluding hydrogens is 132 g/mol. The number of allylic oxidation sites excluding steroid dienone is 2. The molecule has 0 nitrogen and oxygen atoms in total. The smallest absolute Gasteiger partial charge is 0.0260 e. The van der Waals surface area contributed by atoms with Gasteiger partial charge in [0.15, 0.2) is 0 Å². The molecular formula is C11H22. The molecule has 0 N–H and O–H groups in total. The van der Waals surface area contributed by atoms with E-state index in [9.17, 15) is 0 Å². The standard InChI is InChI=1S/C11H22/c1-6-11(10(4)5)8-7-9(2)3/h6,9-10H,7-8H2,1-5H3. The minimum absolute atomic E-state index is 0.735. The summed E-state index contributed by atoms with van der Waals surface area (Å²) in [6.45, 7) is 11.3. The van der Waals surface area contributed by atoms with Gasteiger partial charge >= 0.3 is 0 Å². The molecule has 0 aromatic rings. The summed E-state index contributed by atoms with van der Waals surface area (Å²) in [4.78, 5) is 0. The highest BCUT2D eigenvalue weighted by molar-refractivity contribution is 5.02. The van der Waals surface area contributed by atoms with Crippen molar-refractivity contribution in [2.24, 2.45) is 11.8 Å². The van der Waals surface area contributed by atoms with E-state index < -0.39 is 0 Å². The number of hydrogen-bond acceptors (Lipinski definition) is 0. The van der Waals surface area contributed by atoms with Gasteiger partial charge in [-0.1, -0.05) is 39.3 Å². The zero-order chi connectivity index (χ0) is 8.85. The lowest BCUT2D eigenvalue weighted by Gasteiger charge is -2.11. The Labute approximate surface area is 71.7 Å². The topological polar surface area (TPSA) is 0 Å². The quantitative estimate of drug-likeness (QED) is 0.536. The van der Waals surface area contributed by atoms with Gasteiger partial charge < -0.3 is 0 Å². The van der Waals surface area contributed by atoms with E-state index in [0.717, 1.165) is 11.8 Å². The molecule has 0 amide bonds.